The number of halogens is 4. The molecule has 30 heavy (non-hydrogen) atoms. The quantitative estimate of drug-likeness (QED) is 0.558. The van der Waals surface area contributed by atoms with E-state index in [1.807, 2.05) is 0 Å². The van der Waals surface area contributed by atoms with Gasteiger partial charge in [-0.3, -0.25) is 9.78 Å². The standard InChI is InChI=1S/C21H16ClF3N2O3/c1-29-15-10-13(21(23,24)25)9-14(11-15)27-20(28)12-5-6-16(17(22)8-12)19-18(30-2)4-3-7-26-19/h3-11H,1-2H3,(H,27,28). The minimum atomic E-state index is -4.58. The van der Waals surface area contributed by atoms with Crippen LogP contribution in [0.3, 0.4) is 0 Å². The van der Waals surface area contributed by atoms with Gasteiger partial charge in [-0.25, -0.2) is 0 Å². The van der Waals surface area contributed by atoms with Crippen molar-refractivity contribution >= 4 is 23.2 Å². The van der Waals surface area contributed by atoms with Gasteiger partial charge in [0.05, 0.1) is 24.8 Å². The van der Waals surface area contributed by atoms with Gasteiger partial charge in [0.25, 0.3) is 5.91 Å². The fourth-order valence-corrected chi connectivity index (χ4v) is 3.03. The molecule has 0 spiro atoms. The number of carbonyl (C=O) groups excluding carboxylic acids is 1. The van der Waals surface area contributed by atoms with Crippen LogP contribution in [0.2, 0.25) is 5.02 Å². The highest BCUT2D eigenvalue weighted by Crippen LogP contribution is 2.35. The number of ether oxygens (including phenoxy) is 2. The van der Waals surface area contributed by atoms with Crippen LogP contribution < -0.4 is 14.8 Å². The molecular weight excluding hydrogens is 421 g/mol. The molecule has 0 radical (unpaired) electrons. The molecule has 3 aromatic rings. The minimum absolute atomic E-state index is 0.0317. The predicted molar refractivity (Wildman–Crippen MR) is 107 cm³/mol. The van der Waals surface area contributed by atoms with Crippen LogP contribution in [0.25, 0.3) is 11.3 Å². The first kappa shape index (κ1) is 21.4. The summed E-state index contributed by atoms with van der Waals surface area (Å²) in [5.41, 5.74) is 0.215. The van der Waals surface area contributed by atoms with E-state index in [2.05, 4.69) is 10.3 Å². The number of anilines is 1. The predicted octanol–water partition coefficient (Wildman–Crippen LogP) is 5.69. The summed E-state index contributed by atoms with van der Waals surface area (Å²) in [6.45, 7) is 0. The summed E-state index contributed by atoms with van der Waals surface area (Å²) in [6.07, 6.45) is -3.00. The van der Waals surface area contributed by atoms with Crippen molar-refractivity contribution in [3.05, 3.63) is 70.9 Å². The molecule has 0 saturated heterocycles. The summed E-state index contributed by atoms with van der Waals surface area (Å²) in [5.74, 6) is -0.152. The number of rotatable bonds is 5. The fourth-order valence-electron chi connectivity index (χ4n) is 2.76. The Hall–Kier alpha value is -3.26. The number of methoxy groups -OCH3 is 2. The number of amides is 1. The van der Waals surface area contributed by atoms with Crippen molar-refractivity contribution < 1.29 is 27.4 Å². The number of alkyl halides is 3. The van der Waals surface area contributed by atoms with Gasteiger partial charge in [-0.15, -0.1) is 0 Å². The molecule has 0 unspecified atom stereocenters. The summed E-state index contributed by atoms with van der Waals surface area (Å²) >= 11 is 6.33. The van der Waals surface area contributed by atoms with Gasteiger partial charge < -0.3 is 14.8 Å². The van der Waals surface area contributed by atoms with E-state index < -0.39 is 17.6 Å². The lowest BCUT2D eigenvalue weighted by atomic mass is 10.1. The molecule has 5 nitrogen and oxygen atoms in total. The number of aromatic nitrogens is 1. The molecular formula is C21H16ClF3N2O3. The molecule has 1 heterocycles. The van der Waals surface area contributed by atoms with Crippen LogP contribution in [-0.4, -0.2) is 25.1 Å². The number of carbonyl (C=O) groups is 1. The molecule has 3 rings (SSSR count). The molecule has 0 aliphatic heterocycles. The average Bonchev–Trinajstić information content (AvgIpc) is 2.72. The molecule has 156 valence electrons. The molecule has 2 aromatic carbocycles. The van der Waals surface area contributed by atoms with E-state index in [4.69, 9.17) is 21.1 Å². The maximum atomic E-state index is 13.1. The van der Waals surface area contributed by atoms with Crippen molar-refractivity contribution in [3.63, 3.8) is 0 Å². The Morgan fingerprint density at radius 1 is 1.07 bits per heavy atom. The van der Waals surface area contributed by atoms with E-state index in [0.29, 0.717) is 17.0 Å². The van der Waals surface area contributed by atoms with Crippen LogP contribution in [-0.2, 0) is 6.18 Å². The summed E-state index contributed by atoms with van der Waals surface area (Å²) in [6, 6.07) is 10.9. The topological polar surface area (TPSA) is 60.5 Å². The van der Waals surface area contributed by atoms with Crippen LogP contribution in [0.1, 0.15) is 15.9 Å². The second kappa shape index (κ2) is 8.62. The van der Waals surface area contributed by atoms with Crippen LogP contribution >= 0.6 is 11.6 Å². The monoisotopic (exact) mass is 436 g/mol. The number of nitrogens with one attached hydrogen (secondary N) is 1. The molecule has 0 atom stereocenters. The van der Waals surface area contributed by atoms with Crippen molar-refractivity contribution in [3.8, 4) is 22.8 Å². The Morgan fingerprint density at radius 2 is 1.83 bits per heavy atom. The van der Waals surface area contributed by atoms with E-state index in [1.54, 1.807) is 24.4 Å². The molecule has 1 N–H and O–H groups in total. The van der Waals surface area contributed by atoms with Gasteiger partial charge in [0.15, 0.2) is 0 Å². The molecule has 1 amide bonds. The summed E-state index contributed by atoms with van der Waals surface area (Å²) in [7, 11) is 2.74. The number of pyridine rings is 1. The van der Waals surface area contributed by atoms with Crippen molar-refractivity contribution in [2.75, 3.05) is 19.5 Å². The van der Waals surface area contributed by atoms with Gasteiger partial charge in [0.2, 0.25) is 0 Å². The van der Waals surface area contributed by atoms with E-state index >= 15 is 0 Å². The number of hydrogen-bond acceptors (Lipinski definition) is 4. The first-order valence-electron chi connectivity index (χ1n) is 8.59. The molecule has 0 bridgehead atoms. The number of benzene rings is 2. The smallest absolute Gasteiger partial charge is 0.416 e. The van der Waals surface area contributed by atoms with Crippen LogP contribution in [0.4, 0.5) is 18.9 Å². The average molecular weight is 437 g/mol. The largest absolute Gasteiger partial charge is 0.497 e. The first-order valence-corrected chi connectivity index (χ1v) is 8.97. The maximum absolute atomic E-state index is 13.1. The van der Waals surface area contributed by atoms with Gasteiger partial charge in [0.1, 0.15) is 17.2 Å². The lowest BCUT2D eigenvalue weighted by Crippen LogP contribution is -2.13. The lowest BCUT2D eigenvalue weighted by Gasteiger charge is -2.13. The molecule has 0 aliphatic carbocycles. The van der Waals surface area contributed by atoms with Crippen LogP contribution in [0.5, 0.6) is 11.5 Å². The molecule has 1 aromatic heterocycles. The Balaban J connectivity index is 1.89. The first-order chi connectivity index (χ1) is 14.2. The van der Waals surface area contributed by atoms with Crippen molar-refractivity contribution in [1.82, 2.24) is 4.98 Å². The van der Waals surface area contributed by atoms with Gasteiger partial charge >= 0.3 is 6.18 Å². The maximum Gasteiger partial charge on any atom is 0.416 e. The fraction of sp³-hybridized carbons (Fsp3) is 0.143. The summed E-state index contributed by atoms with van der Waals surface area (Å²) in [4.78, 5) is 16.8. The third-order valence-electron chi connectivity index (χ3n) is 4.20. The van der Waals surface area contributed by atoms with Gasteiger partial charge in [0, 0.05) is 29.1 Å². The zero-order valence-electron chi connectivity index (χ0n) is 15.9. The Morgan fingerprint density at radius 3 is 2.47 bits per heavy atom. The highest BCUT2D eigenvalue weighted by atomic mass is 35.5. The Bertz CT molecular complexity index is 1090. The highest BCUT2D eigenvalue weighted by molar-refractivity contribution is 6.33. The number of hydrogen-bond donors (Lipinski definition) is 1. The zero-order chi connectivity index (χ0) is 21.9. The van der Waals surface area contributed by atoms with Crippen LogP contribution in [0.15, 0.2) is 54.7 Å². The third-order valence-corrected chi connectivity index (χ3v) is 4.52. The third kappa shape index (κ3) is 4.65. The van der Waals surface area contributed by atoms with E-state index in [1.165, 1.54) is 32.4 Å². The van der Waals surface area contributed by atoms with Crippen molar-refractivity contribution in [2.45, 2.75) is 6.18 Å². The summed E-state index contributed by atoms with van der Waals surface area (Å²) in [5, 5.41) is 2.67. The van der Waals surface area contributed by atoms with E-state index in [-0.39, 0.29) is 22.0 Å². The normalized spacial score (nSPS) is 11.1. The molecule has 0 saturated carbocycles. The van der Waals surface area contributed by atoms with Gasteiger partial charge in [-0.2, -0.15) is 13.2 Å². The molecule has 9 heteroatoms. The summed E-state index contributed by atoms with van der Waals surface area (Å²) < 4.78 is 49.3. The van der Waals surface area contributed by atoms with Crippen LogP contribution in [0, 0.1) is 0 Å². The second-order valence-corrected chi connectivity index (χ2v) is 6.56. The molecule has 0 aliphatic rings. The van der Waals surface area contributed by atoms with Gasteiger partial charge in [-0.05, 0) is 36.4 Å². The zero-order valence-corrected chi connectivity index (χ0v) is 16.6. The van der Waals surface area contributed by atoms with Crippen molar-refractivity contribution in [1.29, 1.82) is 0 Å². The Labute approximate surface area is 175 Å². The van der Waals surface area contributed by atoms with Gasteiger partial charge in [-0.1, -0.05) is 17.7 Å². The molecule has 0 fully saturated rings. The minimum Gasteiger partial charge on any atom is -0.497 e. The highest BCUT2D eigenvalue weighted by Gasteiger charge is 2.31. The van der Waals surface area contributed by atoms with E-state index in [9.17, 15) is 18.0 Å². The lowest BCUT2D eigenvalue weighted by molar-refractivity contribution is -0.137. The SMILES string of the molecule is COc1cc(NC(=O)c2ccc(-c3ncccc3OC)c(Cl)c2)cc(C(F)(F)F)c1. The Kier molecular flexibility index (Phi) is 6.17. The number of nitrogens with zero attached hydrogens (tertiary/aromatic N) is 1. The second-order valence-electron chi connectivity index (χ2n) is 6.15. The van der Waals surface area contributed by atoms with E-state index in [0.717, 1.165) is 12.1 Å². The van der Waals surface area contributed by atoms with Crippen molar-refractivity contribution in [2.24, 2.45) is 0 Å².